The van der Waals surface area contributed by atoms with Crippen LogP contribution in [0.2, 0.25) is 0 Å². The number of rotatable bonds is 7. The summed E-state index contributed by atoms with van der Waals surface area (Å²) in [5, 5.41) is 6.88. The SMILES string of the molecule is CCC(C)NC(=NCC(=O)N(C)C)NCC1(CC)CCCC1.I. The molecule has 1 atom stereocenters. The number of carbonyl (C=O) groups is 1. The smallest absolute Gasteiger partial charge is 0.243 e. The van der Waals surface area contributed by atoms with E-state index < -0.39 is 0 Å². The third-order valence-electron chi connectivity index (χ3n) is 4.91. The summed E-state index contributed by atoms with van der Waals surface area (Å²) in [6.07, 6.45) is 7.49. The van der Waals surface area contributed by atoms with Gasteiger partial charge in [0, 0.05) is 26.7 Å². The van der Waals surface area contributed by atoms with Crippen LogP contribution in [0.15, 0.2) is 4.99 Å². The summed E-state index contributed by atoms with van der Waals surface area (Å²) >= 11 is 0. The zero-order chi connectivity index (χ0) is 16.6. The van der Waals surface area contributed by atoms with Crippen molar-refractivity contribution in [3.8, 4) is 0 Å². The number of guanidine groups is 1. The zero-order valence-corrected chi connectivity index (χ0v) is 17.8. The largest absolute Gasteiger partial charge is 0.356 e. The number of hydrogen-bond acceptors (Lipinski definition) is 2. The van der Waals surface area contributed by atoms with Crippen LogP contribution in [0.25, 0.3) is 0 Å². The van der Waals surface area contributed by atoms with E-state index in [1.54, 1.807) is 19.0 Å². The molecule has 1 aliphatic carbocycles. The van der Waals surface area contributed by atoms with Crippen molar-refractivity contribution in [1.82, 2.24) is 15.5 Å². The summed E-state index contributed by atoms with van der Waals surface area (Å²) < 4.78 is 0. The first-order valence-corrected chi connectivity index (χ1v) is 8.67. The second-order valence-corrected chi connectivity index (χ2v) is 6.82. The molecule has 0 aliphatic heterocycles. The van der Waals surface area contributed by atoms with Gasteiger partial charge in [0.1, 0.15) is 6.54 Å². The number of aliphatic imine (C=N–C) groups is 1. The lowest BCUT2D eigenvalue weighted by atomic mass is 9.83. The predicted molar refractivity (Wildman–Crippen MR) is 108 cm³/mol. The maximum absolute atomic E-state index is 11.7. The first-order valence-electron chi connectivity index (χ1n) is 8.67. The molecule has 0 aromatic carbocycles. The number of hydrogen-bond donors (Lipinski definition) is 2. The maximum atomic E-state index is 11.7. The van der Waals surface area contributed by atoms with E-state index in [2.05, 4.69) is 36.4 Å². The van der Waals surface area contributed by atoms with Gasteiger partial charge >= 0.3 is 0 Å². The fourth-order valence-electron chi connectivity index (χ4n) is 2.83. The van der Waals surface area contributed by atoms with Gasteiger partial charge in [0.15, 0.2) is 5.96 Å². The highest BCUT2D eigenvalue weighted by molar-refractivity contribution is 14.0. The second kappa shape index (κ2) is 11.1. The number of carbonyl (C=O) groups excluding carboxylic acids is 1. The molecule has 0 heterocycles. The molecule has 1 aliphatic rings. The molecule has 5 nitrogen and oxygen atoms in total. The molecule has 6 heteroatoms. The fraction of sp³-hybridized carbons (Fsp3) is 0.882. The van der Waals surface area contributed by atoms with Gasteiger partial charge in [-0.15, -0.1) is 24.0 Å². The predicted octanol–water partition coefficient (Wildman–Crippen LogP) is 3.00. The minimum Gasteiger partial charge on any atom is -0.356 e. The van der Waals surface area contributed by atoms with Crippen molar-refractivity contribution >= 4 is 35.8 Å². The molecule has 1 saturated carbocycles. The van der Waals surface area contributed by atoms with Gasteiger partial charge in [-0.05, 0) is 38.0 Å². The Balaban J connectivity index is 0.00000484. The first-order chi connectivity index (χ1) is 10.4. The van der Waals surface area contributed by atoms with Gasteiger partial charge in [-0.2, -0.15) is 0 Å². The lowest BCUT2D eigenvalue weighted by Gasteiger charge is -2.29. The summed E-state index contributed by atoms with van der Waals surface area (Å²) in [5.41, 5.74) is 0.406. The van der Waals surface area contributed by atoms with Crippen molar-refractivity contribution in [3.05, 3.63) is 0 Å². The van der Waals surface area contributed by atoms with Crippen molar-refractivity contribution in [2.24, 2.45) is 10.4 Å². The molecule has 0 aromatic heterocycles. The van der Waals surface area contributed by atoms with Gasteiger partial charge in [0.2, 0.25) is 5.91 Å². The lowest BCUT2D eigenvalue weighted by molar-refractivity contribution is -0.127. The van der Waals surface area contributed by atoms with Gasteiger partial charge in [0.05, 0.1) is 0 Å². The Morgan fingerprint density at radius 2 is 1.87 bits per heavy atom. The molecule has 0 spiro atoms. The van der Waals surface area contributed by atoms with Gasteiger partial charge < -0.3 is 15.5 Å². The van der Waals surface area contributed by atoms with Gasteiger partial charge in [0.25, 0.3) is 0 Å². The molecule has 1 amide bonds. The molecular weight excluding hydrogens is 403 g/mol. The van der Waals surface area contributed by atoms with E-state index in [9.17, 15) is 4.79 Å². The highest BCUT2D eigenvalue weighted by Crippen LogP contribution is 2.40. The van der Waals surface area contributed by atoms with Crippen LogP contribution in [-0.4, -0.2) is 50.0 Å². The van der Waals surface area contributed by atoms with E-state index in [1.165, 1.54) is 32.1 Å². The summed E-state index contributed by atoms with van der Waals surface area (Å²) in [6.45, 7) is 7.70. The lowest BCUT2D eigenvalue weighted by Crippen LogP contribution is -2.46. The Hall–Kier alpha value is -0.530. The van der Waals surface area contributed by atoms with E-state index in [-0.39, 0.29) is 36.4 Å². The minimum atomic E-state index is 0. The van der Waals surface area contributed by atoms with Crippen molar-refractivity contribution < 1.29 is 4.79 Å². The van der Waals surface area contributed by atoms with Crippen LogP contribution in [0.3, 0.4) is 0 Å². The normalized spacial score (nSPS) is 18.0. The average Bonchev–Trinajstić information content (AvgIpc) is 2.98. The van der Waals surface area contributed by atoms with Crippen molar-refractivity contribution in [3.63, 3.8) is 0 Å². The standard InChI is InChI=1S/C17H34N4O.HI/c1-6-14(3)20-16(18-12-15(22)21(4)5)19-13-17(7-2)10-8-9-11-17;/h14H,6-13H2,1-5H3,(H2,18,19,20);1H. The molecule has 1 fully saturated rings. The molecule has 0 aromatic rings. The Morgan fingerprint density at radius 3 is 2.35 bits per heavy atom. The monoisotopic (exact) mass is 438 g/mol. The summed E-state index contributed by atoms with van der Waals surface area (Å²) in [7, 11) is 3.52. The maximum Gasteiger partial charge on any atom is 0.243 e. The van der Waals surface area contributed by atoms with Crippen LogP contribution in [0.4, 0.5) is 0 Å². The second-order valence-electron chi connectivity index (χ2n) is 6.82. The fourth-order valence-corrected chi connectivity index (χ4v) is 2.83. The van der Waals surface area contributed by atoms with E-state index in [0.29, 0.717) is 11.5 Å². The molecule has 0 bridgehead atoms. The van der Waals surface area contributed by atoms with Gasteiger partial charge in [-0.3, -0.25) is 4.79 Å². The quantitative estimate of drug-likeness (QED) is 0.365. The molecule has 0 saturated heterocycles. The summed E-state index contributed by atoms with van der Waals surface area (Å²) in [6, 6.07) is 0.349. The highest BCUT2D eigenvalue weighted by atomic mass is 127. The van der Waals surface area contributed by atoms with Crippen LogP contribution >= 0.6 is 24.0 Å². The number of amides is 1. The molecule has 1 unspecified atom stereocenters. The summed E-state index contributed by atoms with van der Waals surface area (Å²) in [5.74, 6) is 0.792. The van der Waals surface area contributed by atoms with Crippen molar-refractivity contribution in [2.75, 3.05) is 27.2 Å². The molecule has 0 radical (unpaired) electrons. The third kappa shape index (κ3) is 7.72. The Labute approximate surface area is 159 Å². The Morgan fingerprint density at radius 1 is 1.26 bits per heavy atom. The van der Waals surface area contributed by atoms with E-state index in [1.807, 2.05) is 0 Å². The van der Waals surface area contributed by atoms with Crippen LogP contribution in [0, 0.1) is 5.41 Å². The van der Waals surface area contributed by atoms with Crippen LogP contribution in [0.1, 0.15) is 59.3 Å². The molecule has 23 heavy (non-hydrogen) atoms. The van der Waals surface area contributed by atoms with Crippen LogP contribution < -0.4 is 10.6 Å². The van der Waals surface area contributed by atoms with Gasteiger partial charge in [-0.1, -0.05) is 26.7 Å². The number of nitrogens with one attached hydrogen (secondary N) is 2. The highest BCUT2D eigenvalue weighted by Gasteiger charge is 2.32. The van der Waals surface area contributed by atoms with E-state index in [0.717, 1.165) is 18.9 Å². The first kappa shape index (κ1) is 22.5. The Bertz CT molecular complexity index is 379. The van der Waals surface area contributed by atoms with Crippen molar-refractivity contribution in [2.45, 2.75) is 65.3 Å². The molecule has 136 valence electrons. The summed E-state index contributed by atoms with van der Waals surface area (Å²) in [4.78, 5) is 17.8. The minimum absolute atomic E-state index is 0. The Kier molecular flexibility index (Phi) is 10.8. The zero-order valence-electron chi connectivity index (χ0n) is 15.4. The molecular formula is C17H35IN4O. The average molecular weight is 438 g/mol. The van der Waals surface area contributed by atoms with Crippen LogP contribution in [-0.2, 0) is 4.79 Å². The number of halogens is 1. The van der Waals surface area contributed by atoms with Crippen molar-refractivity contribution in [1.29, 1.82) is 0 Å². The number of nitrogens with zero attached hydrogens (tertiary/aromatic N) is 2. The molecule has 1 rings (SSSR count). The third-order valence-corrected chi connectivity index (χ3v) is 4.91. The number of likely N-dealkylation sites (N-methyl/N-ethyl adjacent to an activating group) is 1. The van der Waals surface area contributed by atoms with E-state index >= 15 is 0 Å². The van der Waals surface area contributed by atoms with Gasteiger partial charge in [-0.25, -0.2) is 4.99 Å². The van der Waals surface area contributed by atoms with Crippen LogP contribution in [0.5, 0.6) is 0 Å². The topological polar surface area (TPSA) is 56.7 Å². The van der Waals surface area contributed by atoms with E-state index in [4.69, 9.17) is 0 Å². The molecule has 2 N–H and O–H groups in total.